The molecule has 0 fully saturated rings. The highest BCUT2D eigenvalue weighted by atomic mass is 16.2. The summed E-state index contributed by atoms with van der Waals surface area (Å²) in [4.78, 5) is 23.8. The number of carbonyl (C=O) groups is 2. The number of nitrogens with two attached hydrogens (primary N) is 2. The van der Waals surface area contributed by atoms with E-state index < -0.39 is 18.0 Å². The lowest BCUT2D eigenvalue weighted by Gasteiger charge is -2.21. The minimum Gasteiger partial charge on any atom is -0.343 e. The van der Waals surface area contributed by atoms with E-state index in [1.807, 2.05) is 44.2 Å². The Hall–Kier alpha value is -1.92. The Morgan fingerprint density at radius 1 is 1.14 bits per heavy atom. The minimum absolute atomic E-state index is 0.248. The van der Waals surface area contributed by atoms with E-state index in [2.05, 4.69) is 10.7 Å². The summed E-state index contributed by atoms with van der Waals surface area (Å²) in [5.74, 6) is 4.62. The van der Waals surface area contributed by atoms with Crippen molar-refractivity contribution in [1.82, 2.24) is 10.7 Å². The van der Waals surface area contributed by atoms with Crippen molar-refractivity contribution in [2.45, 2.75) is 38.8 Å². The van der Waals surface area contributed by atoms with E-state index in [1.54, 1.807) is 0 Å². The number of hydrazine groups is 1. The molecular formula is C15H24N4O2. The van der Waals surface area contributed by atoms with Crippen molar-refractivity contribution in [1.29, 1.82) is 0 Å². The first-order chi connectivity index (χ1) is 9.93. The molecule has 1 aromatic carbocycles. The fourth-order valence-corrected chi connectivity index (χ4v) is 2.04. The van der Waals surface area contributed by atoms with Gasteiger partial charge < -0.3 is 11.1 Å². The molecule has 21 heavy (non-hydrogen) atoms. The molecule has 6 nitrogen and oxygen atoms in total. The summed E-state index contributed by atoms with van der Waals surface area (Å²) >= 11 is 0. The summed E-state index contributed by atoms with van der Waals surface area (Å²) in [6.07, 6.45) is 0.929. The number of amides is 2. The number of benzene rings is 1. The summed E-state index contributed by atoms with van der Waals surface area (Å²) in [7, 11) is 0. The molecule has 0 bridgehead atoms. The topological polar surface area (TPSA) is 110 Å². The molecule has 0 saturated heterocycles. The predicted octanol–water partition coefficient (Wildman–Crippen LogP) is 0.0772. The second-order valence-electron chi connectivity index (χ2n) is 5.50. The van der Waals surface area contributed by atoms with Crippen molar-refractivity contribution in [3.63, 3.8) is 0 Å². The van der Waals surface area contributed by atoms with Crippen LogP contribution >= 0.6 is 0 Å². The van der Waals surface area contributed by atoms with Gasteiger partial charge in [-0.05, 0) is 24.3 Å². The van der Waals surface area contributed by atoms with Gasteiger partial charge in [-0.15, -0.1) is 0 Å². The SMILES string of the molecule is CC(C)CC(NC(=O)C(N)Cc1ccccc1)C(=O)NN. The van der Waals surface area contributed by atoms with Crippen LogP contribution in [0.1, 0.15) is 25.8 Å². The lowest BCUT2D eigenvalue weighted by molar-refractivity contribution is -0.130. The van der Waals surface area contributed by atoms with Crippen molar-refractivity contribution in [2.24, 2.45) is 17.5 Å². The highest BCUT2D eigenvalue weighted by molar-refractivity contribution is 5.89. The van der Waals surface area contributed by atoms with Crippen LogP contribution in [0.15, 0.2) is 30.3 Å². The van der Waals surface area contributed by atoms with E-state index in [1.165, 1.54) is 0 Å². The lowest BCUT2D eigenvalue weighted by atomic mass is 10.0. The number of rotatable bonds is 7. The molecule has 0 heterocycles. The van der Waals surface area contributed by atoms with Crippen molar-refractivity contribution in [3.05, 3.63) is 35.9 Å². The van der Waals surface area contributed by atoms with Gasteiger partial charge in [0.1, 0.15) is 6.04 Å². The molecule has 0 aromatic heterocycles. The monoisotopic (exact) mass is 292 g/mol. The first-order valence-electron chi connectivity index (χ1n) is 7.04. The molecule has 0 saturated carbocycles. The molecule has 1 rings (SSSR count). The summed E-state index contributed by atoms with van der Waals surface area (Å²) < 4.78 is 0. The second kappa shape index (κ2) is 8.39. The molecule has 116 valence electrons. The summed E-state index contributed by atoms with van der Waals surface area (Å²) in [6.45, 7) is 3.93. The Balaban J connectivity index is 2.61. The maximum Gasteiger partial charge on any atom is 0.256 e. The largest absolute Gasteiger partial charge is 0.343 e. The standard InChI is InChI=1S/C15H24N4O2/c1-10(2)8-13(15(21)19-17)18-14(20)12(16)9-11-6-4-3-5-7-11/h3-7,10,12-13H,8-9,16-17H2,1-2H3,(H,18,20)(H,19,21). The molecule has 0 aliphatic rings. The molecule has 1 aromatic rings. The third-order valence-electron chi connectivity index (χ3n) is 3.12. The van der Waals surface area contributed by atoms with Crippen LogP contribution in [0.25, 0.3) is 0 Å². The third-order valence-corrected chi connectivity index (χ3v) is 3.12. The molecule has 6 heteroatoms. The van der Waals surface area contributed by atoms with Gasteiger partial charge >= 0.3 is 0 Å². The lowest BCUT2D eigenvalue weighted by Crippen LogP contribution is -2.53. The quantitative estimate of drug-likeness (QED) is 0.324. The summed E-state index contributed by atoms with van der Waals surface area (Å²) in [5.41, 5.74) is 8.94. The maximum atomic E-state index is 12.1. The van der Waals surface area contributed by atoms with Crippen LogP contribution in [0.5, 0.6) is 0 Å². The smallest absolute Gasteiger partial charge is 0.256 e. The second-order valence-corrected chi connectivity index (χ2v) is 5.50. The van der Waals surface area contributed by atoms with Crippen LogP contribution in [0, 0.1) is 5.92 Å². The first kappa shape index (κ1) is 17.1. The molecule has 2 unspecified atom stereocenters. The van der Waals surface area contributed by atoms with E-state index in [-0.39, 0.29) is 11.8 Å². The molecule has 2 atom stereocenters. The highest BCUT2D eigenvalue weighted by Gasteiger charge is 2.24. The van der Waals surface area contributed by atoms with Crippen LogP contribution in [0.2, 0.25) is 0 Å². The number of hydrogen-bond acceptors (Lipinski definition) is 4. The zero-order valence-corrected chi connectivity index (χ0v) is 12.5. The van der Waals surface area contributed by atoms with Crippen LogP contribution in [0.4, 0.5) is 0 Å². The van der Waals surface area contributed by atoms with Crippen molar-refractivity contribution in [2.75, 3.05) is 0 Å². The molecular weight excluding hydrogens is 268 g/mol. The number of carbonyl (C=O) groups excluding carboxylic acids is 2. The highest BCUT2D eigenvalue weighted by Crippen LogP contribution is 2.06. The fraction of sp³-hybridized carbons (Fsp3) is 0.467. The normalized spacial score (nSPS) is 13.6. The molecule has 0 aliphatic heterocycles. The van der Waals surface area contributed by atoms with Gasteiger partial charge in [-0.25, -0.2) is 5.84 Å². The minimum atomic E-state index is -0.701. The Morgan fingerprint density at radius 2 is 1.76 bits per heavy atom. The third kappa shape index (κ3) is 5.93. The van der Waals surface area contributed by atoms with Crippen LogP contribution < -0.4 is 22.3 Å². The Bertz CT molecular complexity index is 462. The van der Waals surface area contributed by atoms with Gasteiger partial charge in [-0.3, -0.25) is 15.0 Å². The van der Waals surface area contributed by atoms with Gasteiger partial charge in [0.25, 0.3) is 5.91 Å². The molecule has 0 aliphatic carbocycles. The van der Waals surface area contributed by atoms with Crippen molar-refractivity contribution in [3.8, 4) is 0 Å². The predicted molar refractivity (Wildman–Crippen MR) is 81.8 cm³/mol. The van der Waals surface area contributed by atoms with Gasteiger partial charge in [0.05, 0.1) is 6.04 Å². The average molecular weight is 292 g/mol. The molecule has 0 spiro atoms. The van der Waals surface area contributed by atoms with Crippen LogP contribution in [-0.2, 0) is 16.0 Å². The van der Waals surface area contributed by atoms with Crippen molar-refractivity contribution >= 4 is 11.8 Å². The Morgan fingerprint density at radius 3 is 2.29 bits per heavy atom. The van der Waals surface area contributed by atoms with Gasteiger partial charge in [0, 0.05) is 0 Å². The van der Waals surface area contributed by atoms with Gasteiger partial charge in [0.15, 0.2) is 0 Å². The van der Waals surface area contributed by atoms with Crippen molar-refractivity contribution < 1.29 is 9.59 Å². The van der Waals surface area contributed by atoms with E-state index in [0.29, 0.717) is 12.8 Å². The number of hydrogen-bond donors (Lipinski definition) is 4. The fourth-order valence-electron chi connectivity index (χ4n) is 2.04. The van der Waals surface area contributed by atoms with Gasteiger partial charge in [-0.2, -0.15) is 0 Å². The Kier molecular flexibility index (Phi) is 6.84. The molecule has 2 amide bonds. The van der Waals surface area contributed by atoms with E-state index in [4.69, 9.17) is 11.6 Å². The summed E-state index contributed by atoms with van der Waals surface area (Å²) in [6, 6.07) is 8.14. The summed E-state index contributed by atoms with van der Waals surface area (Å²) in [5, 5.41) is 2.66. The maximum absolute atomic E-state index is 12.1. The first-order valence-corrected chi connectivity index (χ1v) is 7.04. The van der Waals surface area contributed by atoms with E-state index >= 15 is 0 Å². The van der Waals surface area contributed by atoms with E-state index in [0.717, 1.165) is 5.56 Å². The van der Waals surface area contributed by atoms with E-state index in [9.17, 15) is 9.59 Å². The van der Waals surface area contributed by atoms with Gasteiger partial charge in [-0.1, -0.05) is 44.2 Å². The average Bonchev–Trinajstić information content (AvgIpc) is 2.46. The number of nitrogens with one attached hydrogen (secondary N) is 2. The molecule has 0 radical (unpaired) electrons. The zero-order valence-electron chi connectivity index (χ0n) is 12.5. The zero-order chi connectivity index (χ0) is 15.8. The van der Waals surface area contributed by atoms with Crippen LogP contribution in [0.3, 0.4) is 0 Å². The van der Waals surface area contributed by atoms with Crippen LogP contribution in [-0.4, -0.2) is 23.9 Å². The molecule has 6 N–H and O–H groups in total. The Labute approximate surface area is 125 Å². The van der Waals surface area contributed by atoms with Gasteiger partial charge in [0.2, 0.25) is 5.91 Å².